The van der Waals surface area contributed by atoms with E-state index in [9.17, 15) is 13.2 Å². The average Bonchev–Trinajstić information content (AvgIpc) is 2.56. The van der Waals surface area contributed by atoms with E-state index in [1.165, 1.54) is 0 Å². The molecule has 0 spiro atoms. The summed E-state index contributed by atoms with van der Waals surface area (Å²) in [6.45, 7) is 0. The monoisotopic (exact) mass is 333 g/mol. The number of ether oxygens (including phenoxy) is 2. The Morgan fingerprint density at radius 1 is 0.625 bits per heavy atom. The first-order chi connectivity index (χ1) is 11.5. The van der Waals surface area contributed by atoms with Crippen LogP contribution < -0.4 is 9.47 Å². The van der Waals surface area contributed by atoms with Gasteiger partial charge in [-0.1, -0.05) is 36.4 Å². The van der Waals surface area contributed by atoms with Crippen LogP contribution in [-0.4, -0.2) is 15.0 Å². The second-order valence-corrected chi connectivity index (χ2v) is 4.55. The fourth-order valence-electron chi connectivity index (χ4n) is 1.74. The molecule has 0 saturated carbocycles. The first kappa shape index (κ1) is 15.7. The largest absolute Gasteiger partial charge is 0.451 e. The van der Waals surface area contributed by atoms with E-state index in [0.29, 0.717) is 11.5 Å². The molecule has 0 aliphatic heterocycles. The summed E-state index contributed by atoms with van der Waals surface area (Å²) in [4.78, 5) is 10.4. The number of alkyl halides is 3. The van der Waals surface area contributed by atoms with Gasteiger partial charge in [0.1, 0.15) is 11.5 Å². The number of aromatic nitrogens is 3. The number of rotatable bonds is 4. The molecule has 5 nitrogen and oxygen atoms in total. The minimum atomic E-state index is -4.76. The molecule has 0 saturated heterocycles. The lowest BCUT2D eigenvalue weighted by Crippen LogP contribution is -2.13. The van der Waals surface area contributed by atoms with Gasteiger partial charge in [0.05, 0.1) is 0 Å². The zero-order valence-corrected chi connectivity index (χ0v) is 12.1. The van der Waals surface area contributed by atoms with Crippen LogP contribution in [-0.2, 0) is 6.18 Å². The quantitative estimate of drug-likeness (QED) is 0.705. The molecule has 0 atom stereocenters. The summed E-state index contributed by atoms with van der Waals surface area (Å²) in [6, 6.07) is 15.4. The maximum atomic E-state index is 13.0. The molecule has 0 N–H and O–H groups in total. The lowest BCUT2D eigenvalue weighted by Gasteiger charge is -2.10. The normalized spacial score (nSPS) is 11.1. The highest BCUT2D eigenvalue weighted by Crippen LogP contribution is 2.30. The van der Waals surface area contributed by atoms with Crippen LogP contribution in [0.15, 0.2) is 60.7 Å². The van der Waals surface area contributed by atoms with E-state index in [2.05, 4.69) is 15.0 Å². The fourth-order valence-corrected chi connectivity index (χ4v) is 1.74. The van der Waals surface area contributed by atoms with Gasteiger partial charge in [-0.15, -0.1) is 4.98 Å². The molecular weight excluding hydrogens is 323 g/mol. The highest BCUT2D eigenvalue weighted by Gasteiger charge is 2.36. The van der Waals surface area contributed by atoms with Crippen molar-refractivity contribution in [2.75, 3.05) is 0 Å². The molecule has 2 aromatic carbocycles. The van der Waals surface area contributed by atoms with Gasteiger partial charge in [-0.05, 0) is 24.3 Å². The van der Waals surface area contributed by atoms with Gasteiger partial charge in [-0.3, -0.25) is 0 Å². The Morgan fingerprint density at radius 3 is 1.42 bits per heavy atom. The fraction of sp³-hybridized carbons (Fsp3) is 0.0625. The molecule has 1 aromatic heterocycles. The van der Waals surface area contributed by atoms with Gasteiger partial charge < -0.3 is 9.47 Å². The molecule has 0 fully saturated rings. The number of nitrogens with zero attached hydrogens (tertiary/aromatic N) is 3. The number of para-hydroxylation sites is 2. The standard InChI is InChI=1S/C16H10F3N3O2/c17-16(18,19)13-20-14(23-11-7-3-1-4-8-11)22-15(21-13)24-12-9-5-2-6-10-12/h1-10H. The molecule has 3 aromatic rings. The van der Waals surface area contributed by atoms with E-state index in [-0.39, 0.29) is 0 Å². The zero-order valence-electron chi connectivity index (χ0n) is 12.1. The van der Waals surface area contributed by atoms with Crippen molar-refractivity contribution in [2.24, 2.45) is 0 Å². The van der Waals surface area contributed by atoms with Crippen molar-refractivity contribution in [3.8, 4) is 23.5 Å². The lowest BCUT2D eigenvalue weighted by atomic mass is 10.3. The van der Waals surface area contributed by atoms with Crippen molar-refractivity contribution >= 4 is 0 Å². The summed E-state index contributed by atoms with van der Waals surface area (Å²) in [5.74, 6) is -0.806. The van der Waals surface area contributed by atoms with Crippen LogP contribution in [0.5, 0.6) is 23.5 Å². The summed E-state index contributed by atoms with van der Waals surface area (Å²) >= 11 is 0. The van der Waals surface area contributed by atoms with Gasteiger partial charge in [0.15, 0.2) is 0 Å². The van der Waals surface area contributed by atoms with Crippen molar-refractivity contribution in [1.82, 2.24) is 15.0 Å². The van der Waals surface area contributed by atoms with Crippen LogP contribution in [0.25, 0.3) is 0 Å². The molecule has 8 heteroatoms. The zero-order chi connectivity index (χ0) is 17.0. The number of halogens is 3. The van der Waals surface area contributed by atoms with Gasteiger partial charge in [0.2, 0.25) is 5.82 Å². The number of hydrogen-bond donors (Lipinski definition) is 0. The van der Waals surface area contributed by atoms with Gasteiger partial charge in [-0.2, -0.15) is 23.1 Å². The van der Waals surface area contributed by atoms with Crippen molar-refractivity contribution in [2.45, 2.75) is 6.18 Å². The first-order valence-electron chi connectivity index (χ1n) is 6.80. The highest BCUT2D eigenvalue weighted by atomic mass is 19.4. The second-order valence-electron chi connectivity index (χ2n) is 4.55. The maximum absolute atomic E-state index is 13.0. The molecule has 122 valence electrons. The second kappa shape index (κ2) is 6.53. The molecule has 0 amide bonds. The van der Waals surface area contributed by atoms with Crippen LogP contribution in [0.3, 0.4) is 0 Å². The molecule has 0 radical (unpaired) electrons. The predicted octanol–water partition coefficient (Wildman–Crippen LogP) is 4.48. The molecule has 0 unspecified atom stereocenters. The number of benzene rings is 2. The molecule has 1 heterocycles. The van der Waals surface area contributed by atoms with Crippen molar-refractivity contribution in [3.63, 3.8) is 0 Å². The smallest absolute Gasteiger partial charge is 0.424 e. The molecule has 0 bridgehead atoms. The SMILES string of the molecule is FC(F)(F)c1nc(Oc2ccccc2)nc(Oc2ccccc2)n1. The third-order valence-electron chi connectivity index (χ3n) is 2.75. The van der Waals surface area contributed by atoms with Gasteiger partial charge in [-0.25, -0.2) is 0 Å². The molecule has 0 aliphatic rings. The highest BCUT2D eigenvalue weighted by molar-refractivity contribution is 5.27. The topological polar surface area (TPSA) is 57.1 Å². The number of hydrogen-bond acceptors (Lipinski definition) is 5. The van der Waals surface area contributed by atoms with E-state index in [4.69, 9.17) is 9.47 Å². The van der Waals surface area contributed by atoms with Gasteiger partial charge in [0.25, 0.3) is 0 Å². The van der Waals surface area contributed by atoms with E-state index in [0.717, 1.165) is 0 Å². The Balaban J connectivity index is 1.94. The van der Waals surface area contributed by atoms with Crippen LogP contribution >= 0.6 is 0 Å². The van der Waals surface area contributed by atoms with Gasteiger partial charge >= 0.3 is 18.2 Å². The Labute approximate surface area is 134 Å². The van der Waals surface area contributed by atoms with Gasteiger partial charge in [0, 0.05) is 0 Å². The summed E-state index contributed by atoms with van der Waals surface area (Å²) < 4.78 is 49.4. The lowest BCUT2D eigenvalue weighted by molar-refractivity contribution is -0.145. The third-order valence-corrected chi connectivity index (χ3v) is 2.75. The van der Waals surface area contributed by atoms with Crippen LogP contribution in [0.1, 0.15) is 5.82 Å². The summed E-state index contributed by atoms with van der Waals surface area (Å²) in [6.07, 6.45) is -4.76. The average molecular weight is 333 g/mol. The molecule has 24 heavy (non-hydrogen) atoms. The van der Waals surface area contributed by atoms with Crippen LogP contribution in [0.4, 0.5) is 13.2 Å². The summed E-state index contributed by atoms with van der Waals surface area (Å²) in [5.41, 5.74) is 0. The van der Waals surface area contributed by atoms with E-state index in [1.807, 2.05) is 0 Å². The Morgan fingerprint density at radius 2 is 1.04 bits per heavy atom. The molecule has 0 aliphatic carbocycles. The maximum Gasteiger partial charge on any atom is 0.451 e. The van der Waals surface area contributed by atoms with Crippen molar-refractivity contribution in [3.05, 3.63) is 66.5 Å². The Kier molecular flexibility index (Phi) is 4.28. The predicted molar refractivity (Wildman–Crippen MR) is 77.9 cm³/mol. The minimum Gasteiger partial charge on any atom is -0.424 e. The van der Waals surface area contributed by atoms with Crippen molar-refractivity contribution < 1.29 is 22.6 Å². The molecular formula is C16H10F3N3O2. The minimum absolute atomic E-state index is 0.294. The van der Waals surface area contributed by atoms with Crippen LogP contribution in [0, 0.1) is 0 Å². The molecule has 3 rings (SSSR count). The summed E-state index contributed by atoms with van der Waals surface area (Å²) in [7, 11) is 0. The Hall–Kier alpha value is -3.16. The van der Waals surface area contributed by atoms with E-state index >= 15 is 0 Å². The van der Waals surface area contributed by atoms with E-state index < -0.39 is 24.0 Å². The third kappa shape index (κ3) is 3.97. The van der Waals surface area contributed by atoms with Crippen molar-refractivity contribution in [1.29, 1.82) is 0 Å². The van der Waals surface area contributed by atoms with Crippen LogP contribution in [0.2, 0.25) is 0 Å². The summed E-state index contributed by atoms with van der Waals surface area (Å²) in [5, 5.41) is 0. The Bertz CT molecular complexity index is 752. The van der Waals surface area contributed by atoms with E-state index in [1.54, 1.807) is 60.7 Å². The first-order valence-corrected chi connectivity index (χ1v) is 6.80.